The number of carbonyl (C=O) groups is 5. The number of amides is 2. The van der Waals surface area contributed by atoms with Gasteiger partial charge in [-0.25, -0.2) is 4.79 Å². The van der Waals surface area contributed by atoms with Crippen molar-refractivity contribution in [3.63, 3.8) is 0 Å². The molecule has 43 heavy (non-hydrogen) atoms. The Bertz CT molecular complexity index is 1150. The van der Waals surface area contributed by atoms with E-state index in [2.05, 4.69) is 5.32 Å². The predicted molar refractivity (Wildman–Crippen MR) is 170 cm³/mol. The van der Waals surface area contributed by atoms with E-state index in [1.165, 1.54) is 6.92 Å². The summed E-state index contributed by atoms with van der Waals surface area (Å²) in [7, 11) is 0. The molecule has 2 amide bonds. The van der Waals surface area contributed by atoms with E-state index in [1.807, 2.05) is 13.0 Å². The first-order valence-electron chi connectivity index (χ1n) is 15.1. The van der Waals surface area contributed by atoms with Gasteiger partial charge in [0.2, 0.25) is 5.91 Å². The molecule has 0 aliphatic carbocycles. The van der Waals surface area contributed by atoms with Crippen molar-refractivity contribution in [1.82, 2.24) is 10.2 Å². The van der Waals surface area contributed by atoms with E-state index >= 15 is 0 Å². The van der Waals surface area contributed by atoms with Gasteiger partial charge in [0.1, 0.15) is 17.7 Å². The zero-order chi connectivity index (χ0) is 31.8. The first-order valence-corrected chi connectivity index (χ1v) is 17.1. The zero-order valence-corrected chi connectivity index (χ0v) is 27.6. The summed E-state index contributed by atoms with van der Waals surface area (Å²) in [6.07, 6.45) is 0.270. The molecular weight excluding hydrogens is 588 g/mol. The molecule has 0 saturated carbocycles. The Morgan fingerprint density at radius 3 is 2.33 bits per heavy atom. The van der Waals surface area contributed by atoms with Gasteiger partial charge >= 0.3 is 6.09 Å². The van der Waals surface area contributed by atoms with Gasteiger partial charge in [0.15, 0.2) is 17.3 Å². The minimum Gasteiger partial charge on any atom is -0.444 e. The lowest BCUT2D eigenvalue weighted by Gasteiger charge is -2.32. The molecule has 0 bridgehead atoms. The van der Waals surface area contributed by atoms with E-state index < -0.39 is 47.5 Å². The molecule has 0 radical (unpaired) electrons. The highest BCUT2D eigenvalue weighted by molar-refractivity contribution is 8.18. The van der Waals surface area contributed by atoms with Gasteiger partial charge in [0.05, 0.1) is 10.1 Å². The standard InChI is InChI=1S/C32H46N2O7S2/c1-6-11-23(29(39)25(36)14-15-27(38)33-28(21(2)35)22-12-8-7-9-13-22)18-26(37)24-19-32(42-16-10-17-43-32)20-34(24)30(40)41-31(3,4)5/h7-9,12-13,23-24,28-29,39H,6,10-11,14-20H2,1-5H3,(H,33,38)/t23?,24-,28+,29?/m0/s1. The Kier molecular flexibility index (Phi) is 12.7. The molecule has 1 aromatic rings. The number of Topliss-reactive ketones (excluding diaryl/α,β-unsaturated/α-hetero) is 3. The minimum atomic E-state index is -1.42. The maximum atomic E-state index is 13.8. The van der Waals surface area contributed by atoms with Crippen LogP contribution in [0.25, 0.3) is 0 Å². The summed E-state index contributed by atoms with van der Waals surface area (Å²) in [4.78, 5) is 66.3. The van der Waals surface area contributed by atoms with Gasteiger partial charge in [0, 0.05) is 32.2 Å². The largest absolute Gasteiger partial charge is 0.444 e. The van der Waals surface area contributed by atoms with Crippen LogP contribution in [0.3, 0.4) is 0 Å². The van der Waals surface area contributed by atoms with Gasteiger partial charge in [-0.3, -0.25) is 24.1 Å². The summed E-state index contributed by atoms with van der Waals surface area (Å²) in [6.45, 7) is 9.09. The molecule has 3 rings (SSSR count). The quantitative estimate of drug-likeness (QED) is 0.305. The Hall–Kier alpha value is -2.37. The molecule has 1 spiro atoms. The maximum absolute atomic E-state index is 13.8. The highest BCUT2D eigenvalue weighted by Crippen LogP contribution is 2.51. The van der Waals surface area contributed by atoms with Gasteiger partial charge in [-0.2, -0.15) is 0 Å². The Morgan fingerprint density at radius 2 is 1.74 bits per heavy atom. The summed E-state index contributed by atoms with van der Waals surface area (Å²) in [5, 5.41) is 13.7. The predicted octanol–water partition coefficient (Wildman–Crippen LogP) is 5.09. The van der Waals surface area contributed by atoms with Crippen molar-refractivity contribution in [3.8, 4) is 0 Å². The van der Waals surface area contributed by atoms with Gasteiger partial charge < -0.3 is 15.2 Å². The van der Waals surface area contributed by atoms with Crippen molar-refractivity contribution < 1.29 is 33.8 Å². The fourth-order valence-corrected chi connectivity index (χ4v) is 8.90. The minimum absolute atomic E-state index is 0.0528. The summed E-state index contributed by atoms with van der Waals surface area (Å²) in [6, 6.07) is 7.34. The molecule has 1 aromatic carbocycles. The molecule has 2 aliphatic heterocycles. The number of carbonyl (C=O) groups excluding carboxylic acids is 5. The van der Waals surface area contributed by atoms with Crippen LogP contribution >= 0.6 is 23.5 Å². The van der Waals surface area contributed by atoms with E-state index in [4.69, 9.17) is 4.74 Å². The van der Waals surface area contributed by atoms with Crippen LogP contribution in [0.5, 0.6) is 0 Å². The molecule has 2 fully saturated rings. The molecule has 11 heteroatoms. The number of nitrogens with one attached hydrogen (secondary N) is 1. The number of aliphatic hydroxyl groups excluding tert-OH is 1. The van der Waals surface area contributed by atoms with E-state index in [1.54, 1.807) is 73.5 Å². The number of nitrogens with zero attached hydrogens (tertiary/aromatic N) is 1. The molecule has 238 valence electrons. The third-order valence-corrected chi connectivity index (χ3v) is 11.0. The van der Waals surface area contributed by atoms with Crippen LogP contribution in [0, 0.1) is 5.92 Å². The van der Waals surface area contributed by atoms with Crippen LogP contribution in [-0.4, -0.2) is 79.2 Å². The molecule has 2 aliphatic rings. The molecule has 2 heterocycles. The monoisotopic (exact) mass is 634 g/mol. The van der Waals surface area contributed by atoms with Gasteiger partial charge in [-0.15, -0.1) is 23.5 Å². The normalized spacial score (nSPS) is 20.2. The number of rotatable bonds is 13. The summed E-state index contributed by atoms with van der Waals surface area (Å²) >= 11 is 3.57. The fourth-order valence-electron chi connectivity index (χ4n) is 5.55. The van der Waals surface area contributed by atoms with Crippen molar-refractivity contribution in [2.24, 2.45) is 5.92 Å². The number of ether oxygens (including phenoxy) is 1. The molecule has 2 unspecified atom stereocenters. The van der Waals surface area contributed by atoms with E-state index in [9.17, 15) is 29.1 Å². The number of hydrogen-bond donors (Lipinski definition) is 2. The maximum Gasteiger partial charge on any atom is 0.410 e. The number of aliphatic hydroxyl groups is 1. The van der Waals surface area contributed by atoms with Crippen LogP contribution in [0.15, 0.2) is 30.3 Å². The smallest absolute Gasteiger partial charge is 0.410 e. The molecule has 2 N–H and O–H groups in total. The number of thioether (sulfide) groups is 2. The molecule has 9 nitrogen and oxygen atoms in total. The van der Waals surface area contributed by atoms with Crippen molar-refractivity contribution in [3.05, 3.63) is 35.9 Å². The van der Waals surface area contributed by atoms with Crippen LogP contribution in [0.1, 0.15) is 91.2 Å². The van der Waals surface area contributed by atoms with E-state index in [0.717, 1.165) is 17.9 Å². The van der Waals surface area contributed by atoms with Gasteiger partial charge in [0.25, 0.3) is 0 Å². The van der Waals surface area contributed by atoms with Gasteiger partial charge in [-0.05, 0) is 63.5 Å². The van der Waals surface area contributed by atoms with Crippen LogP contribution in [0.2, 0.25) is 0 Å². The lowest BCUT2D eigenvalue weighted by Crippen LogP contribution is -2.45. The number of ketones is 3. The van der Waals surface area contributed by atoms with Crippen LogP contribution < -0.4 is 5.32 Å². The van der Waals surface area contributed by atoms with Gasteiger partial charge in [-0.1, -0.05) is 43.7 Å². The zero-order valence-electron chi connectivity index (χ0n) is 25.9. The van der Waals surface area contributed by atoms with Crippen LogP contribution in [0.4, 0.5) is 4.79 Å². The van der Waals surface area contributed by atoms with Crippen molar-refractivity contribution in [1.29, 1.82) is 0 Å². The second-order valence-electron chi connectivity index (χ2n) is 12.4. The molecule has 0 aromatic heterocycles. The second kappa shape index (κ2) is 15.6. The topological polar surface area (TPSA) is 130 Å². The lowest BCUT2D eigenvalue weighted by molar-refractivity contribution is -0.134. The molecule has 2 saturated heterocycles. The second-order valence-corrected chi connectivity index (χ2v) is 15.7. The first-order chi connectivity index (χ1) is 20.2. The Labute approximate surface area is 263 Å². The number of likely N-dealkylation sites (tertiary alicyclic amines) is 1. The van der Waals surface area contributed by atoms with E-state index in [0.29, 0.717) is 31.4 Å². The first kappa shape index (κ1) is 35.1. The summed E-state index contributed by atoms with van der Waals surface area (Å²) < 4.78 is 5.38. The average Bonchev–Trinajstić information content (AvgIpc) is 3.32. The summed E-state index contributed by atoms with van der Waals surface area (Å²) in [5.41, 5.74) is -0.0614. The Morgan fingerprint density at radius 1 is 1.09 bits per heavy atom. The number of benzene rings is 1. The fraction of sp³-hybridized carbons (Fsp3) is 0.656. The highest BCUT2D eigenvalue weighted by Gasteiger charge is 2.51. The lowest BCUT2D eigenvalue weighted by atomic mass is 9.86. The molecule has 4 atom stereocenters. The average molecular weight is 635 g/mol. The van der Waals surface area contributed by atoms with E-state index in [-0.39, 0.29) is 34.9 Å². The molecular formula is C32H46N2O7S2. The third-order valence-electron chi connectivity index (χ3n) is 7.65. The van der Waals surface area contributed by atoms with Crippen LogP contribution in [-0.2, 0) is 23.9 Å². The van der Waals surface area contributed by atoms with Crippen molar-refractivity contribution in [2.45, 2.75) is 107 Å². The van der Waals surface area contributed by atoms with Crippen molar-refractivity contribution >= 4 is 52.9 Å². The third kappa shape index (κ3) is 10.1. The Balaban J connectivity index is 1.64. The van der Waals surface area contributed by atoms with Crippen molar-refractivity contribution in [2.75, 3.05) is 18.1 Å². The number of hydrogen-bond acceptors (Lipinski definition) is 9. The highest BCUT2D eigenvalue weighted by atomic mass is 32.2. The summed E-state index contributed by atoms with van der Waals surface area (Å²) in [5.74, 6) is -0.116. The SMILES string of the molecule is CCCC(CC(=O)[C@@H]1CC2(CN1C(=O)OC(C)(C)C)SCCCS2)C(O)C(=O)CCC(=O)N[C@H](C(C)=O)c1ccccc1.